The van der Waals surface area contributed by atoms with Gasteiger partial charge >= 0.3 is 5.97 Å². The van der Waals surface area contributed by atoms with Gasteiger partial charge in [-0.25, -0.2) is 18.0 Å². The molecule has 0 unspecified atom stereocenters. The SMILES string of the molecule is COC(=O)c1ccc2c(c1)N(Cc1c(F)cc(F)cc1F)C(=O)C2(C)C. The van der Waals surface area contributed by atoms with Crippen molar-refractivity contribution in [3.63, 3.8) is 0 Å². The van der Waals surface area contributed by atoms with Crippen LogP contribution < -0.4 is 4.90 Å². The topological polar surface area (TPSA) is 46.6 Å². The Morgan fingerprint density at radius 1 is 1.12 bits per heavy atom. The molecule has 0 bridgehead atoms. The van der Waals surface area contributed by atoms with Gasteiger partial charge < -0.3 is 9.64 Å². The Morgan fingerprint density at radius 3 is 2.31 bits per heavy atom. The number of hydrogen-bond donors (Lipinski definition) is 0. The van der Waals surface area contributed by atoms with Crippen LogP contribution in [0.3, 0.4) is 0 Å². The number of amides is 1. The van der Waals surface area contributed by atoms with E-state index < -0.39 is 40.9 Å². The van der Waals surface area contributed by atoms with E-state index in [1.807, 2.05) is 0 Å². The van der Waals surface area contributed by atoms with Gasteiger partial charge in [-0.3, -0.25) is 4.79 Å². The van der Waals surface area contributed by atoms with Gasteiger partial charge in [-0.05, 0) is 31.5 Å². The second kappa shape index (κ2) is 6.16. The normalized spacial score (nSPS) is 15.2. The molecule has 0 aromatic heterocycles. The number of hydrogen-bond acceptors (Lipinski definition) is 3. The van der Waals surface area contributed by atoms with Crippen molar-refractivity contribution in [1.29, 1.82) is 0 Å². The van der Waals surface area contributed by atoms with Crippen LogP contribution in [-0.4, -0.2) is 19.0 Å². The van der Waals surface area contributed by atoms with Crippen molar-refractivity contribution < 1.29 is 27.5 Å². The van der Waals surface area contributed by atoms with E-state index in [9.17, 15) is 22.8 Å². The molecule has 0 radical (unpaired) electrons. The molecule has 3 rings (SSSR count). The van der Waals surface area contributed by atoms with Crippen molar-refractivity contribution in [2.75, 3.05) is 12.0 Å². The largest absolute Gasteiger partial charge is 0.465 e. The smallest absolute Gasteiger partial charge is 0.337 e. The maximum atomic E-state index is 14.0. The van der Waals surface area contributed by atoms with E-state index in [1.54, 1.807) is 19.9 Å². The van der Waals surface area contributed by atoms with Crippen molar-refractivity contribution in [3.05, 3.63) is 64.5 Å². The lowest BCUT2D eigenvalue weighted by Gasteiger charge is -2.21. The molecule has 0 N–H and O–H groups in total. The molecule has 0 atom stereocenters. The predicted molar refractivity (Wildman–Crippen MR) is 88.3 cm³/mol. The number of nitrogens with zero attached hydrogens (tertiary/aromatic N) is 1. The number of methoxy groups -OCH3 is 1. The second-order valence-electron chi connectivity index (χ2n) is 6.59. The summed E-state index contributed by atoms with van der Waals surface area (Å²) in [6.07, 6.45) is 0. The van der Waals surface area contributed by atoms with E-state index in [1.165, 1.54) is 24.1 Å². The number of ether oxygens (including phenoxy) is 1. The number of halogens is 3. The first kappa shape index (κ1) is 18.0. The quantitative estimate of drug-likeness (QED) is 0.781. The van der Waals surface area contributed by atoms with Gasteiger partial charge in [0, 0.05) is 23.4 Å². The summed E-state index contributed by atoms with van der Waals surface area (Å²) in [5.41, 5.74) is -0.158. The summed E-state index contributed by atoms with van der Waals surface area (Å²) in [6.45, 7) is 2.95. The third-order valence-electron chi connectivity index (χ3n) is 4.58. The molecular formula is C19H16F3NO3. The Labute approximate surface area is 148 Å². The van der Waals surface area contributed by atoms with E-state index in [0.29, 0.717) is 23.4 Å². The zero-order valence-corrected chi connectivity index (χ0v) is 14.4. The van der Waals surface area contributed by atoms with E-state index in [-0.39, 0.29) is 11.5 Å². The summed E-state index contributed by atoms with van der Waals surface area (Å²) in [5.74, 6) is -4.16. The number of fused-ring (bicyclic) bond motifs is 1. The lowest BCUT2D eigenvalue weighted by Crippen LogP contribution is -2.36. The molecule has 4 nitrogen and oxygen atoms in total. The Morgan fingerprint density at radius 2 is 1.73 bits per heavy atom. The molecule has 0 saturated heterocycles. The van der Waals surface area contributed by atoms with Crippen LogP contribution in [0.15, 0.2) is 30.3 Å². The number of anilines is 1. The highest BCUT2D eigenvalue weighted by atomic mass is 19.1. The van der Waals surface area contributed by atoms with Gasteiger partial charge in [0.15, 0.2) is 0 Å². The molecule has 2 aromatic rings. The van der Waals surface area contributed by atoms with Gasteiger partial charge in [-0.2, -0.15) is 0 Å². The van der Waals surface area contributed by atoms with Gasteiger partial charge in [-0.1, -0.05) is 6.07 Å². The summed E-state index contributed by atoms with van der Waals surface area (Å²) < 4.78 is 45.9. The first-order valence-corrected chi connectivity index (χ1v) is 7.85. The van der Waals surface area contributed by atoms with E-state index in [2.05, 4.69) is 4.74 Å². The standard InChI is InChI=1S/C19H16F3NO3/c1-19(2)13-5-4-10(17(24)26-3)6-16(13)23(18(19)25)9-12-14(21)7-11(20)8-15(12)22/h4-8H,9H2,1-3H3. The third kappa shape index (κ3) is 2.73. The summed E-state index contributed by atoms with van der Waals surface area (Å²) in [6, 6.07) is 5.73. The molecule has 0 fully saturated rings. The van der Waals surface area contributed by atoms with Crippen molar-refractivity contribution in [1.82, 2.24) is 0 Å². The lowest BCUT2D eigenvalue weighted by atomic mass is 9.86. The van der Waals surface area contributed by atoms with Crippen LogP contribution in [-0.2, 0) is 21.5 Å². The monoisotopic (exact) mass is 363 g/mol. The molecule has 26 heavy (non-hydrogen) atoms. The Balaban J connectivity index is 2.10. The number of benzene rings is 2. The van der Waals surface area contributed by atoms with E-state index in [4.69, 9.17) is 0 Å². The van der Waals surface area contributed by atoms with E-state index >= 15 is 0 Å². The zero-order chi connectivity index (χ0) is 19.2. The van der Waals surface area contributed by atoms with Gasteiger partial charge in [0.2, 0.25) is 5.91 Å². The molecular weight excluding hydrogens is 347 g/mol. The number of carbonyl (C=O) groups excluding carboxylic acids is 2. The fraction of sp³-hybridized carbons (Fsp3) is 0.263. The minimum Gasteiger partial charge on any atom is -0.465 e. The van der Waals surface area contributed by atoms with Crippen molar-refractivity contribution in [2.24, 2.45) is 0 Å². The number of esters is 1. The van der Waals surface area contributed by atoms with Crippen LogP contribution in [0, 0.1) is 17.5 Å². The molecule has 7 heteroatoms. The average Bonchev–Trinajstić information content (AvgIpc) is 2.77. The molecule has 1 aliphatic rings. The van der Waals surface area contributed by atoms with Crippen LogP contribution in [0.25, 0.3) is 0 Å². The number of carbonyl (C=O) groups is 2. The Bertz CT molecular complexity index is 901. The Hall–Kier alpha value is -2.83. The van der Waals surface area contributed by atoms with Crippen LogP contribution in [0.4, 0.5) is 18.9 Å². The Kier molecular flexibility index (Phi) is 4.26. The minimum absolute atomic E-state index is 0.210. The highest BCUT2D eigenvalue weighted by Gasteiger charge is 2.44. The minimum atomic E-state index is -1.08. The molecule has 0 aliphatic carbocycles. The van der Waals surface area contributed by atoms with Gasteiger partial charge in [-0.15, -0.1) is 0 Å². The lowest BCUT2D eigenvalue weighted by molar-refractivity contribution is -0.122. The molecule has 136 valence electrons. The highest BCUT2D eigenvalue weighted by Crippen LogP contribution is 2.43. The molecule has 2 aromatic carbocycles. The van der Waals surface area contributed by atoms with Crippen LogP contribution >= 0.6 is 0 Å². The van der Waals surface area contributed by atoms with Crippen LogP contribution in [0.1, 0.15) is 35.3 Å². The maximum Gasteiger partial charge on any atom is 0.337 e. The first-order valence-electron chi connectivity index (χ1n) is 7.85. The second-order valence-corrected chi connectivity index (χ2v) is 6.59. The predicted octanol–water partition coefficient (Wildman–Crippen LogP) is 3.71. The van der Waals surface area contributed by atoms with Gasteiger partial charge in [0.05, 0.1) is 24.6 Å². The third-order valence-corrected chi connectivity index (χ3v) is 4.58. The molecule has 1 aliphatic heterocycles. The van der Waals surface area contributed by atoms with Gasteiger partial charge in [0.1, 0.15) is 17.5 Å². The molecule has 0 spiro atoms. The number of rotatable bonds is 3. The summed E-state index contributed by atoms with van der Waals surface area (Å²) in [5, 5.41) is 0. The highest BCUT2D eigenvalue weighted by molar-refractivity contribution is 6.08. The van der Waals surface area contributed by atoms with Crippen molar-refractivity contribution >= 4 is 17.6 Å². The fourth-order valence-corrected chi connectivity index (χ4v) is 3.13. The summed E-state index contributed by atoms with van der Waals surface area (Å²) in [4.78, 5) is 25.8. The zero-order valence-electron chi connectivity index (χ0n) is 14.4. The van der Waals surface area contributed by atoms with Crippen LogP contribution in [0.2, 0.25) is 0 Å². The summed E-state index contributed by atoms with van der Waals surface area (Å²) in [7, 11) is 1.23. The van der Waals surface area contributed by atoms with Crippen molar-refractivity contribution in [3.8, 4) is 0 Å². The summed E-state index contributed by atoms with van der Waals surface area (Å²) >= 11 is 0. The average molecular weight is 363 g/mol. The first-order chi connectivity index (χ1) is 12.2. The van der Waals surface area contributed by atoms with Crippen LogP contribution in [0.5, 0.6) is 0 Å². The van der Waals surface area contributed by atoms with Crippen molar-refractivity contribution in [2.45, 2.75) is 25.8 Å². The van der Waals surface area contributed by atoms with E-state index in [0.717, 1.165) is 0 Å². The molecule has 1 amide bonds. The molecule has 0 saturated carbocycles. The fourth-order valence-electron chi connectivity index (χ4n) is 3.13. The maximum absolute atomic E-state index is 14.0. The van der Waals surface area contributed by atoms with Gasteiger partial charge in [0.25, 0.3) is 0 Å². The molecule has 1 heterocycles.